The number of anilines is 1. The van der Waals surface area contributed by atoms with Crippen molar-refractivity contribution in [2.45, 2.75) is 26.0 Å². The topological polar surface area (TPSA) is 93.1 Å². The van der Waals surface area contributed by atoms with Gasteiger partial charge in [0.2, 0.25) is 15.9 Å². The molecular formula is C23H25ClN4O3S. The monoisotopic (exact) mass is 472 g/mol. The van der Waals surface area contributed by atoms with Crippen molar-refractivity contribution in [2.24, 2.45) is 0 Å². The van der Waals surface area contributed by atoms with Gasteiger partial charge in [0.1, 0.15) is 0 Å². The Bertz CT molecular complexity index is 1220. The summed E-state index contributed by atoms with van der Waals surface area (Å²) in [5.74, 6) is -0.322. The van der Waals surface area contributed by atoms with E-state index in [1.807, 2.05) is 26.0 Å². The molecular weight excluding hydrogens is 448 g/mol. The van der Waals surface area contributed by atoms with Crippen LogP contribution in [-0.4, -0.2) is 30.7 Å². The Kier molecular flexibility index (Phi) is 7.50. The first-order valence-corrected chi connectivity index (χ1v) is 12.0. The third-order valence-corrected chi connectivity index (χ3v) is 6.46. The van der Waals surface area contributed by atoms with Crippen LogP contribution in [0.2, 0.25) is 5.02 Å². The van der Waals surface area contributed by atoms with E-state index in [1.165, 1.54) is 6.08 Å². The molecule has 0 atom stereocenters. The fourth-order valence-corrected chi connectivity index (χ4v) is 4.50. The molecule has 0 saturated carbocycles. The van der Waals surface area contributed by atoms with Gasteiger partial charge in [-0.15, -0.1) is 6.58 Å². The molecule has 0 fully saturated rings. The van der Waals surface area contributed by atoms with Gasteiger partial charge in [-0.1, -0.05) is 29.8 Å². The number of sulfonamides is 1. The molecule has 0 aliphatic heterocycles. The maximum absolute atomic E-state index is 12.6. The molecule has 0 radical (unpaired) electrons. The molecule has 0 unspecified atom stereocenters. The van der Waals surface area contributed by atoms with E-state index in [1.54, 1.807) is 41.1 Å². The second-order valence-electron chi connectivity index (χ2n) is 7.36. The van der Waals surface area contributed by atoms with Crippen molar-refractivity contribution >= 4 is 33.2 Å². The van der Waals surface area contributed by atoms with E-state index >= 15 is 0 Å². The highest BCUT2D eigenvalue weighted by Crippen LogP contribution is 2.21. The lowest BCUT2D eigenvalue weighted by atomic mass is 10.1. The molecule has 3 rings (SSSR count). The van der Waals surface area contributed by atoms with Crippen LogP contribution in [0.4, 0.5) is 5.69 Å². The molecule has 0 aliphatic carbocycles. The summed E-state index contributed by atoms with van der Waals surface area (Å²) in [5.41, 5.74) is 4.60. The van der Waals surface area contributed by atoms with Crippen LogP contribution in [0, 0.1) is 13.8 Å². The zero-order valence-corrected chi connectivity index (χ0v) is 19.5. The number of benzene rings is 2. The minimum atomic E-state index is -3.43. The summed E-state index contributed by atoms with van der Waals surface area (Å²) >= 11 is 5.96. The molecule has 0 aliphatic rings. The van der Waals surface area contributed by atoms with Crippen molar-refractivity contribution in [1.82, 2.24) is 14.5 Å². The van der Waals surface area contributed by atoms with Crippen LogP contribution >= 0.6 is 11.6 Å². The van der Waals surface area contributed by atoms with Crippen LogP contribution in [0.1, 0.15) is 22.5 Å². The van der Waals surface area contributed by atoms with E-state index < -0.39 is 10.0 Å². The number of hydrogen-bond donors (Lipinski definition) is 2. The Morgan fingerprint density at radius 2 is 1.78 bits per heavy atom. The van der Waals surface area contributed by atoms with E-state index in [-0.39, 0.29) is 24.6 Å². The number of aryl methyl sites for hydroxylation is 1. The normalized spacial score (nSPS) is 11.3. The highest BCUT2D eigenvalue weighted by atomic mass is 35.5. The molecule has 9 heteroatoms. The number of halogens is 1. The minimum Gasteiger partial charge on any atom is -0.326 e. The van der Waals surface area contributed by atoms with Gasteiger partial charge in [0, 0.05) is 28.5 Å². The smallest absolute Gasteiger partial charge is 0.228 e. The average molecular weight is 473 g/mol. The van der Waals surface area contributed by atoms with Crippen molar-refractivity contribution < 1.29 is 13.2 Å². The lowest BCUT2D eigenvalue weighted by molar-refractivity contribution is -0.115. The van der Waals surface area contributed by atoms with Crippen LogP contribution in [-0.2, 0) is 27.0 Å². The van der Waals surface area contributed by atoms with Gasteiger partial charge in [0.05, 0.1) is 23.6 Å². The second-order valence-corrected chi connectivity index (χ2v) is 9.60. The van der Waals surface area contributed by atoms with Crippen molar-refractivity contribution in [3.05, 3.63) is 88.7 Å². The summed E-state index contributed by atoms with van der Waals surface area (Å²) in [7, 11) is -3.43. The number of hydrogen-bond acceptors (Lipinski definition) is 4. The van der Waals surface area contributed by atoms with E-state index in [9.17, 15) is 13.2 Å². The zero-order valence-electron chi connectivity index (χ0n) is 17.9. The minimum absolute atomic E-state index is 0.142. The summed E-state index contributed by atoms with van der Waals surface area (Å²) in [5, 5.41) is 8.06. The summed E-state index contributed by atoms with van der Waals surface area (Å²) < 4.78 is 28.2. The molecule has 168 valence electrons. The van der Waals surface area contributed by atoms with Crippen LogP contribution in [0.5, 0.6) is 0 Å². The van der Waals surface area contributed by atoms with Gasteiger partial charge in [0.25, 0.3) is 0 Å². The summed E-state index contributed by atoms with van der Waals surface area (Å²) in [4.78, 5) is 12.6. The van der Waals surface area contributed by atoms with E-state index in [0.717, 1.165) is 22.6 Å². The van der Waals surface area contributed by atoms with Gasteiger partial charge in [-0.3, -0.25) is 4.79 Å². The summed E-state index contributed by atoms with van der Waals surface area (Å²) in [6, 6.07) is 14.1. The Morgan fingerprint density at radius 3 is 2.41 bits per heavy atom. The maximum atomic E-state index is 12.6. The molecule has 1 aromatic heterocycles. The van der Waals surface area contributed by atoms with Crippen molar-refractivity contribution in [3.63, 3.8) is 0 Å². The molecule has 1 amide bonds. The van der Waals surface area contributed by atoms with Gasteiger partial charge in [-0.05, 0) is 55.8 Å². The van der Waals surface area contributed by atoms with Crippen molar-refractivity contribution in [1.29, 1.82) is 0 Å². The lowest BCUT2D eigenvalue weighted by Gasteiger charge is -2.09. The largest absolute Gasteiger partial charge is 0.326 e. The predicted molar refractivity (Wildman–Crippen MR) is 128 cm³/mol. The Morgan fingerprint density at radius 1 is 1.12 bits per heavy atom. The van der Waals surface area contributed by atoms with Crippen LogP contribution in [0.25, 0.3) is 5.69 Å². The fraction of sp³-hybridized carbons (Fsp3) is 0.217. The van der Waals surface area contributed by atoms with Crippen molar-refractivity contribution in [2.75, 3.05) is 11.9 Å². The fourth-order valence-electron chi connectivity index (χ4n) is 3.27. The SMILES string of the molecule is C=CCNS(=O)(=O)Cc1ccc(NC(=O)Cc2c(C)nn(-c3ccc(Cl)cc3)c2C)cc1. The molecule has 0 saturated heterocycles. The van der Waals surface area contributed by atoms with Gasteiger partial charge >= 0.3 is 0 Å². The van der Waals surface area contributed by atoms with Gasteiger partial charge < -0.3 is 5.32 Å². The number of aromatic nitrogens is 2. The number of carbonyl (C=O) groups is 1. The first-order valence-electron chi connectivity index (χ1n) is 9.96. The van der Waals surface area contributed by atoms with Crippen molar-refractivity contribution in [3.8, 4) is 5.69 Å². The summed E-state index contributed by atoms with van der Waals surface area (Å²) in [6.07, 6.45) is 1.66. The number of rotatable bonds is 9. The molecule has 0 spiro atoms. The standard InChI is InChI=1S/C23H25ClN4O3S/c1-4-13-25-32(30,31)15-18-5-9-20(10-6-18)26-23(29)14-22-16(2)27-28(17(22)3)21-11-7-19(24)8-12-21/h4-12,25H,1,13-15H2,2-3H3,(H,26,29). The molecule has 32 heavy (non-hydrogen) atoms. The average Bonchev–Trinajstić information content (AvgIpc) is 3.02. The zero-order chi connectivity index (χ0) is 23.3. The number of nitrogens with zero attached hydrogens (tertiary/aromatic N) is 2. The number of nitrogens with one attached hydrogen (secondary N) is 2. The van der Waals surface area contributed by atoms with E-state index in [2.05, 4.69) is 21.7 Å². The molecule has 2 aromatic carbocycles. The van der Waals surface area contributed by atoms with Gasteiger partial charge in [-0.25, -0.2) is 17.8 Å². The molecule has 3 aromatic rings. The molecule has 0 bridgehead atoms. The predicted octanol–water partition coefficient (Wildman–Crippen LogP) is 3.93. The molecule has 1 heterocycles. The van der Waals surface area contributed by atoms with Gasteiger partial charge in [0.15, 0.2) is 0 Å². The third-order valence-electron chi connectivity index (χ3n) is 4.89. The van der Waals surface area contributed by atoms with Crippen LogP contribution in [0.3, 0.4) is 0 Å². The molecule has 7 nitrogen and oxygen atoms in total. The van der Waals surface area contributed by atoms with Gasteiger partial charge in [-0.2, -0.15) is 5.10 Å². The highest BCUT2D eigenvalue weighted by molar-refractivity contribution is 7.88. The quantitative estimate of drug-likeness (QED) is 0.461. The second kappa shape index (κ2) is 10.1. The Balaban J connectivity index is 1.66. The van der Waals surface area contributed by atoms with Crippen LogP contribution in [0.15, 0.2) is 61.2 Å². The summed E-state index contributed by atoms with van der Waals surface area (Å²) in [6.45, 7) is 7.47. The number of carbonyl (C=O) groups excluding carboxylic acids is 1. The Hall–Kier alpha value is -2.94. The molecule has 2 N–H and O–H groups in total. The van der Waals surface area contributed by atoms with Crippen LogP contribution < -0.4 is 10.0 Å². The Labute approximate surface area is 193 Å². The first-order chi connectivity index (χ1) is 15.2. The highest BCUT2D eigenvalue weighted by Gasteiger charge is 2.16. The van der Waals surface area contributed by atoms with E-state index in [4.69, 9.17) is 11.6 Å². The lowest BCUT2D eigenvalue weighted by Crippen LogP contribution is -2.25. The van der Waals surface area contributed by atoms with E-state index in [0.29, 0.717) is 16.3 Å². The third kappa shape index (κ3) is 6.06. The maximum Gasteiger partial charge on any atom is 0.228 e. The number of amides is 1. The first kappa shape index (κ1) is 23.7.